The lowest BCUT2D eigenvalue weighted by molar-refractivity contribution is -0.121. The zero-order valence-electron chi connectivity index (χ0n) is 18.2. The van der Waals surface area contributed by atoms with Crippen LogP contribution in [0.25, 0.3) is 0 Å². The second-order valence-electron chi connectivity index (χ2n) is 7.58. The van der Waals surface area contributed by atoms with Crippen molar-refractivity contribution < 1.29 is 9.59 Å². The molecule has 0 aliphatic rings. The van der Waals surface area contributed by atoms with Gasteiger partial charge in [-0.2, -0.15) is 0 Å². The highest BCUT2D eigenvalue weighted by Gasteiger charge is 2.09. The van der Waals surface area contributed by atoms with Crippen LogP contribution in [-0.2, 0) is 24.4 Å². The van der Waals surface area contributed by atoms with Crippen molar-refractivity contribution in [3.05, 3.63) is 106 Å². The van der Waals surface area contributed by atoms with E-state index in [-0.39, 0.29) is 30.5 Å². The average Bonchev–Trinajstić information content (AvgIpc) is 2.80. The smallest absolute Gasteiger partial charge is 0.317 e. The van der Waals surface area contributed by atoms with E-state index in [0.29, 0.717) is 19.6 Å². The van der Waals surface area contributed by atoms with Crippen LogP contribution in [0.5, 0.6) is 0 Å². The van der Waals surface area contributed by atoms with Gasteiger partial charge in [0.2, 0.25) is 5.91 Å². The third-order valence-corrected chi connectivity index (χ3v) is 5.00. The van der Waals surface area contributed by atoms with Crippen LogP contribution >= 0.6 is 0 Å². The molecule has 0 fully saturated rings. The van der Waals surface area contributed by atoms with Gasteiger partial charge >= 0.3 is 6.03 Å². The highest BCUT2D eigenvalue weighted by atomic mass is 16.2. The van der Waals surface area contributed by atoms with E-state index in [2.05, 4.69) is 10.6 Å². The summed E-state index contributed by atoms with van der Waals surface area (Å²) in [7, 11) is 1.72. The van der Waals surface area contributed by atoms with E-state index in [1.54, 1.807) is 28.8 Å². The molecule has 0 atom stereocenters. The zero-order chi connectivity index (χ0) is 22.8. The minimum atomic E-state index is -0.213. The quantitative estimate of drug-likeness (QED) is 0.545. The van der Waals surface area contributed by atoms with Gasteiger partial charge in [-0.3, -0.25) is 9.59 Å². The molecular formula is C25H28N4O3. The molecule has 0 saturated carbocycles. The maximum atomic E-state index is 12.2. The van der Waals surface area contributed by atoms with E-state index in [0.717, 1.165) is 16.7 Å². The summed E-state index contributed by atoms with van der Waals surface area (Å²) >= 11 is 0. The van der Waals surface area contributed by atoms with Crippen molar-refractivity contribution in [2.75, 3.05) is 13.6 Å². The molecule has 0 spiro atoms. The summed E-state index contributed by atoms with van der Waals surface area (Å²) < 4.78 is 1.64. The molecule has 0 bridgehead atoms. The number of rotatable bonds is 9. The second kappa shape index (κ2) is 11.5. The normalized spacial score (nSPS) is 10.4. The standard InChI is InChI=1S/C25H28N4O3/c1-28(18-21-7-3-2-4-8-21)25(32)26-15-14-23(30)27-17-20-10-12-22(13-11-20)19-29-16-6-5-9-24(29)31/h2-13,16H,14-15,17-19H2,1H3,(H,26,32)(H,27,30). The molecule has 0 unspecified atom stereocenters. The fourth-order valence-corrected chi connectivity index (χ4v) is 3.19. The number of benzene rings is 2. The highest BCUT2D eigenvalue weighted by molar-refractivity contribution is 5.78. The summed E-state index contributed by atoms with van der Waals surface area (Å²) in [5, 5.41) is 5.63. The largest absolute Gasteiger partial charge is 0.352 e. The summed E-state index contributed by atoms with van der Waals surface area (Å²) in [4.78, 5) is 37.6. The lowest BCUT2D eigenvalue weighted by Gasteiger charge is -2.18. The lowest BCUT2D eigenvalue weighted by Crippen LogP contribution is -2.38. The number of amides is 3. The second-order valence-corrected chi connectivity index (χ2v) is 7.58. The summed E-state index contributed by atoms with van der Waals surface area (Å²) in [6.45, 7) is 1.69. The Kier molecular flexibility index (Phi) is 8.20. The minimum absolute atomic E-state index is 0.0396. The molecule has 7 heteroatoms. The van der Waals surface area contributed by atoms with E-state index >= 15 is 0 Å². The molecule has 0 saturated heterocycles. The third-order valence-electron chi connectivity index (χ3n) is 5.00. The summed E-state index contributed by atoms with van der Waals surface area (Å²) in [5.41, 5.74) is 2.98. The van der Waals surface area contributed by atoms with Crippen LogP contribution in [0.2, 0.25) is 0 Å². The van der Waals surface area contributed by atoms with Crippen molar-refractivity contribution in [1.82, 2.24) is 20.1 Å². The van der Waals surface area contributed by atoms with E-state index < -0.39 is 0 Å². The monoisotopic (exact) mass is 432 g/mol. The minimum Gasteiger partial charge on any atom is -0.352 e. The Morgan fingerprint density at radius 2 is 1.53 bits per heavy atom. The number of carbonyl (C=O) groups is 2. The maximum Gasteiger partial charge on any atom is 0.317 e. The van der Waals surface area contributed by atoms with Crippen LogP contribution in [0, 0.1) is 0 Å². The molecule has 7 nitrogen and oxygen atoms in total. The summed E-state index contributed by atoms with van der Waals surface area (Å²) in [6.07, 6.45) is 1.97. The van der Waals surface area contributed by atoms with Gasteiger partial charge in [0.05, 0.1) is 6.54 Å². The molecule has 0 aliphatic heterocycles. The Balaban J connectivity index is 1.36. The van der Waals surface area contributed by atoms with Gasteiger partial charge in [-0.25, -0.2) is 4.79 Å². The fraction of sp³-hybridized carbons (Fsp3) is 0.240. The molecule has 2 aromatic carbocycles. The van der Waals surface area contributed by atoms with Crippen LogP contribution in [0.15, 0.2) is 83.8 Å². The van der Waals surface area contributed by atoms with Gasteiger partial charge in [0.25, 0.3) is 5.56 Å². The van der Waals surface area contributed by atoms with E-state index in [1.807, 2.05) is 60.7 Å². The molecule has 166 valence electrons. The first kappa shape index (κ1) is 22.8. The van der Waals surface area contributed by atoms with Gasteiger partial charge in [-0.05, 0) is 22.8 Å². The van der Waals surface area contributed by atoms with Gasteiger partial charge in [0.1, 0.15) is 0 Å². The van der Waals surface area contributed by atoms with Crippen molar-refractivity contribution >= 4 is 11.9 Å². The number of hydrogen-bond acceptors (Lipinski definition) is 3. The van der Waals surface area contributed by atoms with Gasteiger partial charge < -0.3 is 20.1 Å². The number of pyridine rings is 1. The predicted molar refractivity (Wildman–Crippen MR) is 124 cm³/mol. The molecular weight excluding hydrogens is 404 g/mol. The molecule has 1 heterocycles. The van der Waals surface area contributed by atoms with Crippen molar-refractivity contribution in [2.45, 2.75) is 26.1 Å². The van der Waals surface area contributed by atoms with Crippen molar-refractivity contribution in [1.29, 1.82) is 0 Å². The molecule has 3 rings (SSSR count). The molecule has 3 aromatic rings. The average molecular weight is 433 g/mol. The van der Waals surface area contributed by atoms with Gasteiger partial charge in [0, 0.05) is 45.4 Å². The van der Waals surface area contributed by atoms with E-state index in [9.17, 15) is 14.4 Å². The lowest BCUT2D eigenvalue weighted by atomic mass is 10.1. The van der Waals surface area contributed by atoms with E-state index in [4.69, 9.17) is 0 Å². The fourth-order valence-electron chi connectivity index (χ4n) is 3.19. The molecule has 0 aliphatic carbocycles. The van der Waals surface area contributed by atoms with Crippen LogP contribution in [0.3, 0.4) is 0 Å². The van der Waals surface area contributed by atoms with E-state index in [1.165, 1.54) is 6.07 Å². The topological polar surface area (TPSA) is 83.4 Å². The van der Waals surface area contributed by atoms with Crippen molar-refractivity contribution in [3.8, 4) is 0 Å². The Labute approximate surface area is 187 Å². The Hall–Kier alpha value is -3.87. The first-order valence-corrected chi connectivity index (χ1v) is 10.5. The van der Waals surface area contributed by atoms with Gasteiger partial charge in [-0.1, -0.05) is 60.7 Å². The number of urea groups is 1. The number of hydrogen-bond donors (Lipinski definition) is 2. The van der Waals surface area contributed by atoms with Crippen LogP contribution in [0.4, 0.5) is 4.79 Å². The van der Waals surface area contributed by atoms with Gasteiger partial charge in [0.15, 0.2) is 0 Å². The molecule has 2 N–H and O–H groups in total. The van der Waals surface area contributed by atoms with Gasteiger partial charge in [-0.15, -0.1) is 0 Å². The summed E-state index contributed by atoms with van der Waals surface area (Å²) in [5.74, 6) is -0.129. The Morgan fingerprint density at radius 1 is 0.844 bits per heavy atom. The first-order chi connectivity index (χ1) is 15.5. The number of carbonyl (C=O) groups excluding carboxylic acids is 2. The van der Waals surface area contributed by atoms with Crippen molar-refractivity contribution in [2.24, 2.45) is 0 Å². The van der Waals surface area contributed by atoms with Crippen molar-refractivity contribution in [3.63, 3.8) is 0 Å². The zero-order valence-corrected chi connectivity index (χ0v) is 18.2. The molecule has 1 aromatic heterocycles. The first-order valence-electron chi connectivity index (χ1n) is 10.5. The SMILES string of the molecule is CN(Cc1ccccc1)C(=O)NCCC(=O)NCc1ccc(Cn2ccccc2=O)cc1. The number of nitrogens with zero attached hydrogens (tertiary/aromatic N) is 2. The molecule has 3 amide bonds. The summed E-state index contributed by atoms with van der Waals surface area (Å²) in [6, 6.07) is 22.4. The number of aromatic nitrogens is 1. The number of nitrogens with one attached hydrogen (secondary N) is 2. The third kappa shape index (κ3) is 7.12. The van der Waals surface area contributed by atoms with Crippen LogP contribution in [0.1, 0.15) is 23.1 Å². The molecule has 32 heavy (non-hydrogen) atoms. The van der Waals surface area contributed by atoms with Crippen LogP contribution in [-0.4, -0.2) is 35.0 Å². The molecule has 0 radical (unpaired) electrons. The maximum absolute atomic E-state index is 12.2. The Morgan fingerprint density at radius 3 is 2.25 bits per heavy atom. The highest BCUT2D eigenvalue weighted by Crippen LogP contribution is 2.06. The van der Waals surface area contributed by atoms with Crippen LogP contribution < -0.4 is 16.2 Å². The predicted octanol–water partition coefficient (Wildman–Crippen LogP) is 2.74. The Bertz CT molecular complexity index is 1080.